The molecule has 1 aromatic carbocycles. The minimum absolute atomic E-state index is 0.205. The van der Waals surface area contributed by atoms with E-state index in [1.807, 2.05) is 0 Å². The minimum Gasteiger partial charge on any atom is -0.467 e. The highest BCUT2D eigenvalue weighted by Gasteiger charge is 2.43. The molecule has 1 amide bonds. The zero-order chi connectivity index (χ0) is 20.9. The number of methoxy groups -OCH3 is 1. The summed E-state index contributed by atoms with van der Waals surface area (Å²) in [5.41, 5.74) is -0.272. The predicted octanol–water partition coefficient (Wildman–Crippen LogP) is 1.32. The second kappa shape index (κ2) is 9.06. The van der Waals surface area contributed by atoms with Crippen molar-refractivity contribution >= 4 is 28.0 Å². The zero-order valence-electron chi connectivity index (χ0n) is 16.4. The van der Waals surface area contributed by atoms with Crippen molar-refractivity contribution in [3.8, 4) is 0 Å². The van der Waals surface area contributed by atoms with Crippen molar-refractivity contribution in [3.63, 3.8) is 0 Å². The topological polar surface area (TPSA) is 102 Å². The maximum Gasteiger partial charge on any atom is 0.331 e. The summed E-state index contributed by atoms with van der Waals surface area (Å²) in [6.45, 7) is 1.46. The number of esters is 1. The maximum absolute atomic E-state index is 12.6. The van der Waals surface area contributed by atoms with Gasteiger partial charge in [-0.15, -0.1) is 0 Å². The Balaban J connectivity index is 1.65. The highest BCUT2D eigenvalue weighted by molar-refractivity contribution is 7.89. The van der Waals surface area contributed by atoms with Gasteiger partial charge in [0.05, 0.1) is 25.2 Å². The van der Waals surface area contributed by atoms with Gasteiger partial charge in [-0.3, -0.25) is 4.79 Å². The molecule has 158 valence electrons. The normalized spacial score (nSPS) is 19.9. The van der Waals surface area contributed by atoms with E-state index in [0.29, 0.717) is 44.7 Å². The van der Waals surface area contributed by atoms with Crippen LogP contribution in [-0.2, 0) is 29.1 Å². The van der Waals surface area contributed by atoms with Crippen molar-refractivity contribution < 1.29 is 27.5 Å². The van der Waals surface area contributed by atoms with Crippen LogP contribution < -0.4 is 5.32 Å². The van der Waals surface area contributed by atoms with Crippen LogP contribution in [0.2, 0.25) is 0 Å². The lowest BCUT2D eigenvalue weighted by atomic mass is 9.97. The van der Waals surface area contributed by atoms with Gasteiger partial charge >= 0.3 is 5.97 Å². The average Bonchev–Trinajstić information content (AvgIpc) is 3.22. The van der Waals surface area contributed by atoms with Gasteiger partial charge in [-0.1, -0.05) is 25.0 Å². The molecule has 1 aliphatic carbocycles. The molecule has 0 radical (unpaired) electrons. The monoisotopic (exact) mass is 422 g/mol. The Hall–Kier alpha value is -2.23. The van der Waals surface area contributed by atoms with Crippen LogP contribution in [0.4, 0.5) is 0 Å². The number of rotatable bonds is 6. The summed E-state index contributed by atoms with van der Waals surface area (Å²) in [6.07, 6.45) is 5.77. The molecule has 0 unspecified atom stereocenters. The van der Waals surface area contributed by atoms with Crippen molar-refractivity contribution in [1.29, 1.82) is 0 Å². The van der Waals surface area contributed by atoms with Crippen LogP contribution in [0.25, 0.3) is 6.08 Å². The molecule has 2 fully saturated rings. The highest BCUT2D eigenvalue weighted by Crippen LogP contribution is 2.30. The molecule has 1 aliphatic heterocycles. The number of nitrogens with one attached hydrogen (secondary N) is 1. The summed E-state index contributed by atoms with van der Waals surface area (Å²) in [4.78, 5) is 24.6. The van der Waals surface area contributed by atoms with E-state index in [1.54, 1.807) is 18.2 Å². The summed E-state index contributed by atoms with van der Waals surface area (Å²) in [6, 6.07) is 6.33. The van der Waals surface area contributed by atoms with Crippen molar-refractivity contribution in [2.45, 2.75) is 36.1 Å². The fraction of sp³-hybridized carbons (Fsp3) is 0.500. The number of morpholine rings is 1. The first kappa shape index (κ1) is 21.5. The molecule has 1 saturated carbocycles. The van der Waals surface area contributed by atoms with Gasteiger partial charge in [-0.25, -0.2) is 13.2 Å². The van der Waals surface area contributed by atoms with E-state index in [0.717, 1.165) is 12.8 Å². The van der Waals surface area contributed by atoms with Crippen LogP contribution in [0.1, 0.15) is 31.2 Å². The van der Waals surface area contributed by atoms with E-state index in [-0.39, 0.29) is 10.8 Å². The van der Waals surface area contributed by atoms with Gasteiger partial charge in [0.1, 0.15) is 5.54 Å². The second-order valence-corrected chi connectivity index (χ2v) is 9.13. The lowest BCUT2D eigenvalue weighted by molar-refractivity contribution is -0.150. The molecular formula is C20H26N2O6S. The van der Waals surface area contributed by atoms with Gasteiger partial charge in [0.15, 0.2) is 0 Å². The fourth-order valence-corrected chi connectivity index (χ4v) is 5.10. The van der Waals surface area contributed by atoms with Crippen LogP contribution in [0.15, 0.2) is 35.2 Å². The molecule has 8 nitrogen and oxygen atoms in total. The first-order chi connectivity index (χ1) is 13.9. The SMILES string of the molecule is COC(=O)C1(NC(=O)/C=C/c2ccc(S(=O)(=O)N3CCOCC3)cc2)CCCC1. The van der Waals surface area contributed by atoms with Crippen LogP contribution >= 0.6 is 0 Å². The molecule has 0 atom stereocenters. The summed E-state index contributed by atoms with van der Waals surface area (Å²) in [5, 5.41) is 2.78. The van der Waals surface area contributed by atoms with E-state index in [9.17, 15) is 18.0 Å². The van der Waals surface area contributed by atoms with Gasteiger partial charge in [0.25, 0.3) is 0 Å². The molecular weight excluding hydrogens is 396 g/mol. The molecule has 1 aromatic rings. The van der Waals surface area contributed by atoms with E-state index >= 15 is 0 Å². The molecule has 0 spiro atoms. The number of carbonyl (C=O) groups excluding carboxylic acids is 2. The molecule has 3 rings (SSSR count). The Morgan fingerprint density at radius 2 is 1.76 bits per heavy atom. The van der Waals surface area contributed by atoms with Crippen molar-refractivity contribution in [2.24, 2.45) is 0 Å². The Morgan fingerprint density at radius 3 is 2.34 bits per heavy atom. The van der Waals surface area contributed by atoms with Crippen molar-refractivity contribution in [1.82, 2.24) is 9.62 Å². The predicted molar refractivity (Wildman–Crippen MR) is 106 cm³/mol. The van der Waals surface area contributed by atoms with E-state index in [1.165, 1.54) is 29.6 Å². The van der Waals surface area contributed by atoms with Crippen LogP contribution in [0, 0.1) is 0 Å². The highest BCUT2D eigenvalue weighted by atomic mass is 32.2. The molecule has 2 aliphatic rings. The Kier molecular flexibility index (Phi) is 6.71. The van der Waals surface area contributed by atoms with Crippen LogP contribution in [0.3, 0.4) is 0 Å². The van der Waals surface area contributed by atoms with Crippen molar-refractivity contribution in [2.75, 3.05) is 33.4 Å². The first-order valence-electron chi connectivity index (χ1n) is 9.64. The number of sulfonamides is 1. The average molecular weight is 423 g/mol. The summed E-state index contributed by atoms with van der Waals surface area (Å²) in [5.74, 6) is -0.809. The molecule has 1 N–H and O–H groups in total. The Labute approximate surface area is 170 Å². The Bertz CT molecular complexity index is 867. The molecule has 0 bridgehead atoms. The van der Waals surface area contributed by atoms with E-state index in [2.05, 4.69) is 5.32 Å². The van der Waals surface area contributed by atoms with Crippen LogP contribution in [0.5, 0.6) is 0 Å². The number of hydrogen-bond donors (Lipinski definition) is 1. The van der Waals surface area contributed by atoms with Gasteiger partial charge < -0.3 is 14.8 Å². The maximum atomic E-state index is 12.6. The molecule has 0 aromatic heterocycles. The molecule has 1 saturated heterocycles. The lowest BCUT2D eigenvalue weighted by Gasteiger charge is -2.26. The third-order valence-corrected chi connectivity index (χ3v) is 7.22. The second-order valence-electron chi connectivity index (χ2n) is 7.19. The Morgan fingerprint density at radius 1 is 1.14 bits per heavy atom. The van der Waals surface area contributed by atoms with E-state index < -0.39 is 21.5 Å². The number of nitrogens with zero attached hydrogens (tertiary/aromatic N) is 1. The standard InChI is InChI=1S/C20H26N2O6S/c1-27-19(24)20(10-2-3-11-20)21-18(23)9-6-16-4-7-17(8-5-16)29(25,26)22-12-14-28-15-13-22/h4-9H,2-3,10-15H2,1H3,(H,21,23)/b9-6+. The van der Waals surface area contributed by atoms with Crippen molar-refractivity contribution in [3.05, 3.63) is 35.9 Å². The van der Waals surface area contributed by atoms with Crippen LogP contribution in [-0.4, -0.2) is 63.6 Å². The summed E-state index contributed by atoms with van der Waals surface area (Å²) in [7, 11) is -2.23. The van der Waals surface area contributed by atoms with Gasteiger partial charge in [-0.2, -0.15) is 4.31 Å². The minimum atomic E-state index is -3.55. The number of hydrogen-bond acceptors (Lipinski definition) is 6. The smallest absolute Gasteiger partial charge is 0.331 e. The molecule has 9 heteroatoms. The summed E-state index contributed by atoms with van der Waals surface area (Å²) < 4.78 is 36.7. The van der Waals surface area contributed by atoms with Gasteiger partial charge in [0.2, 0.25) is 15.9 Å². The number of ether oxygens (including phenoxy) is 2. The fourth-order valence-electron chi connectivity index (χ4n) is 3.69. The van der Waals surface area contributed by atoms with Gasteiger partial charge in [0, 0.05) is 19.2 Å². The van der Waals surface area contributed by atoms with Gasteiger partial charge in [-0.05, 0) is 36.6 Å². The third-order valence-electron chi connectivity index (χ3n) is 5.31. The quantitative estimate of drug-likeness (QED) is 0.548. The molecule has 29 heavy (non-hydrogen) atoms. The number of amides is 1. The lowest BCUT2D eigenvalue weighted by Crippen LogP contribution is -2.52. The third kappa shape index (κ3) is 4.85. The van der Waals surface area contributed by atoms with E-state index in [4.69, 9.17) is 9.47 Å². The number of benzene rings is 1. The molecule has 1 heterocycles. The summed E-state index contributed by atoms with van der Waals surface area (Å²) >= 11 is 0. The number of carbonyl (C=O) groups is 2. The largest absolute Gasteiger partial charge is 0.467 e. The zero-order valence-corrected chi connectivity index (χ0v) is 17.2. The first-order valence-corrected chi connectivity index (χ1v) is 11.1.